The van der Waals surface area contributed by atoms with E-state index >= 15 is 0 Å². The molecule has 0 aromatic heterocycles. The van der Waals surface area contributed by atoms with E-state index in [0.717, 1.165) is 6.42 Å². The Morgan fingerprint density at radius 2 is 1.71 bits per heavy atom. The Hall–Kier alpha value is -0.120. The van der Waals surface area contributed by atoms with Crippen LogP contribution in [0.2, 0.25) is 0 Å². The van der Waals surface area contributed by atoms with Crippen molar-refractivity contribution in [1.82, 2.24) is 4.90 Å². The van der Waals surface area contributed by atoms with E-state index in [2.05, 4.69) is 11.8 Å². The average Bonchev–Trinajstić information content (AvgIpc) is 2.14. The predicted octanol–water partition coefficient (Wildman–Crippen LogP) is 1.50. The van der Waals surface area contributed by atoms with Gasteiger partial charge in [0.1, 0.15) is 0 Å². The van der Waals surface area contributed by atoms with Crippen LogP contribution in [0.5, 0.6) is 0 Å². The van der Waals surface area contributed by atoms with Crippen LogP contribution in [-0.2, 0) is 4.74 Å². The molecular weight excluding hydrogens is 178 g/mol. The Balaban J connectivity index is 0.000000791. The van der Waals surface area contributed by atoms with Crippen LogP contribution in [-0.4, -0.2) is 48.5 Å². The summed E-state index contributed by atoms with van der Waals surface area (Å²) in [6.45, 7) is 7.98. The van der Waals surface area contributed by atoms with Crippen LogP contribution in [0.15, 0.2) is 0 Å². The molecule has 14 heavy (non-hydrogen) atoms. The predicted molar refractivity (Wildman–Crippen MR) is 59.5 cm³/mol. The summed E-state index contributed by atoms with van der Waals surface area (Å²) in [5.74, 6) is 0. The third kappa shape index (κ3) is 3.56. The summed E-state index contributed by atoms with van der Waals surface area (Å²) in [6.07, 6.45) is 0.784. The molecule has 1 aliphatic heterocycles. The van der Waals surface area contributed by atoms with Crippen molar-refractivity contribution in [2.24, 2.45) is 0 Å². The van der Waals surface area contributed by atoms with Crippen LogP contribution < -0.4 is 0 Å². The molecular formula is C11H25NO2. The summed E-state index contributed by atoms with van der Waals surface area (Å²) in [5.41, 5.74) is 0. The lowest BCUT2D eigenvalue weighted by Crippen LogP contribution is -2.52. The lowest BCUT2D eigenvalue weighted by molar-refractivity contribution is -0.134. The zero-order valence-electron chi connectivity index (χ0n) is 10.3. The van der Waals surface area contributed by atoms with E-state index in [9.17, 15) is 5.11 Å². The molecule has 0 aromatic rings. The Labute approximate surface area is 88.1 Å². The molecule has 0 radical (unpaired) electrons. The van der Waals surface area contributed by atoms with E-state index in [1.807, 2.05) is 34.9 Å². The lowest BCUT2D eigenvalue weighted by atomic mass is 9.96. The Morgan fingerprint density at radius 3 is 2.14 bits per heavy atom. The number of nitrogens with zero attached hydrogens (tertiary/aromatic N) is 1. The lowest BCUT2D eigenvalue weighted by Gasteiger charge is -2.40. The topological polar surface area (TPSA) is 32.7 Å². The van der Waals surface area contributed by atoms with Crippen LogP contribution in [0.25, 0.3) is 0 Å². The van der Waals surface area contributed by atoms with Gasteiger partial charge in [-0.2, -0.15) is 0 Å². The van der Waals surface area contributed by atoms with Crippen molar-refractivity contribution in [2.45, 2.75) is 58.5 Å². The summed E-state index contributed by atoms with van der Waals surface area (Å²) in [4.78, 5) is 2.07. The van der Waals surface area contributed by atoms with Gasteiger partial charge < -0.3 is 14.7 Å². The van der Waals surface area contributed by atoms with Crippen LogP contribution in [0, 0.1) is 0 Å². The van der Waals surface area contributed by atoms with Crippen molar-refractivity contribution in [2.75, 3.05) is 14.1 Å². The third-order valence-corrected chi connectivity index (χ3v) is 2.56. The molecule has 1 aliphatic rings. The molecule has 0 bridgehead atoms. The molecule has 3 nitrogen and oxygen atoms in total. The molecule has 4 atom stereocenters. The van der Waals surface area contributed by atoms with Gasteiger partial charge in [-0.1, -0.05) is 13.8 Å². The van der Waals surface area contributed by atoms with Crippen LogP contribution in [0.4, 0.5) is 0 Å². The van der Waals surface area contributed by atoms with Crippen LogP contribution >= 0.6 is 0 Å². The first-order valence-corrected chi connectivity index (χ1v) is 5.52. The molecule has 0 aliphatic carbocycles. The second-order valence-electron chi connectivity index (χ2n) is 3.91. The number of hydrogen-bond acceptors (Lipinski definition) is 3. The first kappa shape index (κ1) is 13.9. The fourth-order valence-corrected chi connectivity index (χ4v) is 1.81. The minimum atomic E-state index is -0.351. The molecule has 1 fully saturated rings. The maximum atomic E-state index is 9.76. The van der Waals surface area contributed by atoms with Gasteiger partial charge in [0.25, 0.3) is 0 Å². The summed E-state index contributed by atoms with van der Waals surface area (Å²) >= 11 is 0. The standard InChI is InChI=1S/C9H19NO2.C2H6/c1-6-5-8(10(3)4)9(11)7(2)12-6;1-2/h6-9,11H,5H2,1-4H3;1-2H3/t6-,7+,8+,9+;/m1./s1. The Bertz CT molecular complexity index is 150. The minimum absolute atomic E-state index is 0.0406. The molecule has 1 heterocycles. The number of ether oxygens (including phenoxy) is 1. The maximum absolute atomic E-state index is 9.76. The van der Waals surface area contributed by atoms with Gasteiger partial charge in [-0.05, 0) is 34.4 Å². The van der Waals surface area contributed by atoms with Gasteiger partial charge in [0.05, 0.1) is 18.3 Å². The number of rotatable bonds is 1. The van der Waals surface area contributed by atoms with Crippen molar-refractivity contribution >= 4 is 0 Å². The summed E-state index contributed by atoms with van der Waals surface area (Å²) in [6, 6.07) is 0.240. The highest BCUT2D eigenvalue weighted by atomic mass is 16.5. The van der Waals surface area contributed by atoms with Crippen molar-refractivity contribution < 1.29 is 9.84 Å². The largest absolute Gasteiger partial charge is 0.389 e. The molecule has 0 saturated carbocycles. The highest BCUT2D eigenvalue weighted by Crippen LogP contribution is 2.22. The van der Waals surface area contributed by atoms with E-state index in [-0.39, 0.29) is 24.4 Å². The van der Waals surface area contributed by atoms with Crippen LogP contribution in [0.3, 0.4) is 0 Å². The molecule has 3 heteroatoms. The molecule has 0 unspecified atom stereocenters. The number of aliphatic hydroxyl groups excluding tert-OH is 1. The fourth-order valence-electron chi connectivity index (χ4n) is 1.81. The van der Waals surface area contributed by atoms with E-state index in [4.69, 9.17) is 4.74 Å². The normalized spacial score (nSPS) is 37.7. The summed E-state index contributed by atoms with van der Waals surface area (Å²) in [5, 5.41) is 9.76. The van der Waals surface area contributed by atoms with Gasteiger partial charge in [0.2, 0.25) is 0 Å². The highest BCUT2D eigenvalue weighted by molar-refractivity contribution is 4.86. The minimum Gasteiger partial charge on any atom is -0.389 e. The molecule has 1 saturated heterocycles. The van der Waals surface area contributed by atoms with Crippen molar-refractivity contribution in [1.29, 1.82) is 0 Å². The Kier molecular flexibility index (Phi) is 6.33. The second-order valence-corrected chi connectivity index (χ2v) is 3.91. The fraction of sp³-hybridized carbons (Fsp3) is 1.00. The molecule has 1 N–H and O–H groups in total. The quantitative estimate of drug-likeness (QED) is 0.701. The molecule has 0 aromatic carbocycles. The molecule has 86 valence electrons. The van der Waals surface area contributed by atoms with Gasteiger partial charge in [-0.15, -0.1) is 0 Å². The maximum Gasteiger partial charge on any atom is 0.0954 e. The summed E-state index contributed by atoms with van der Waals surface area (Å²) in [7, 11) is 4.00. The molecule has 0 amide bonds. The number of likely N-dealkylation sites (N-methyl/N-ethyl adjacent to an activating group) is 1. The smallest absolute Gasteiger partial charge is 0.0954 e. The van der Waals surface area contributed by atoms with Gasteiger partial charge in [-0.3, -0.25) is 0 Å². The van der Waals surface area contributed by atoms with E-state index < -0.39 is 0 Å². The van der Waals surface area contributed by atoms with Gasteiger partial charge >= 0.3 is 0 Å². The highest BCUT2D eigenvalue weighted by Gasteiger charge is 2.34. The zero-order chi connectivity index (χ0) is 11.3. The van der Waals surface area contributed by atoms with Gasteiger partial charge in [0, 0.05) is 6.04 Å². The molecule has 1 rings (SSSR count). The number of aliphatic hydroxyl groups is 1. The SMILES string of the molecule is CC.C[C@@H]1C[C@H](N(C)C)[C@@H](O)[C@H](C)O1. The summed E-state index contributed by atoms with van der Waals surface area (Å²) < 4.78 is 5.50. The number of hydrogen-bond donors (Lipinski definition) is 1. The van der Waals surface area contributed by atoms with Crippen molar-refractivity contribution in [3.8, 4) is 0 Å². The monoisotopic (exact) mass is 203 g/mol. The average molecular weight is 203 g/mol. The van der Waals surface area contributed by atoms with Gasteiger partial charge in [0.15, 0.2) is 0 Å². The van der Waals surface area contributed by atoms with Crippen molar-refractivity contribution in [3.63, 3.8) is 0 Å². The van der Waals surface area contributed by atoms with E-state index in [1.54, 1.807) is 0 Å². The Morgan fingerprint density at radius 1 is 1.21 bits per heavy atom. The first-order valence-electron chi connectivity index (χ1n) is 5.52. The van der Waals surface area contributed by atoms with Crippen molar-refractivity contribution in [3.05, 3.63) is 0 Å². The first-order chi connectivity index (χ1) is 6.52. The second kappa shape index (κ2) is 6.38. The van der Waals surface area contributed by atoms with E-state index in [1.165, 1.54) is 0 Å². The van der Waals surface area contributed by atoms with E-state index in [0.29, 0.717) is 0 Å². The third-order valence-electron chi connectivity index (χ3n) is 2.56. The van der Waals surface area contributed by atoms with Crippen LogP contribution in [0.1, 0.15) is 34.1 Å². The van der Waals surface area contributed by atoms with Gasteiger partial charge in [-0.25, -0.2) is 0 Å². The zero-order valence-corrected chi connectivity index (χ0v) is 10.3. The molecule has 0 spiro atoms.